The van der Waals surface area contributed by atoms with Crippen LogP contribution in [0.3, 0.4) is 0 Å². The molecular formula is C18H24N4O2S. The van der Waals surface area contributed by atoms with Gasteiger partial charge in [-0.05, 0) is 32.8 Å². The molecule has 0 saturated heterocycles. The zero-order valence-electron chi connectivity index (χ0n) is 14.7. The Hall–Kier alpha value is -2.15. The number of nitrogens with zero attached hydrogens (tertiary/aromatic N) is 2. The van der Waals surface area contributed by atoms with Gasteiger partial charge in [-0.1, -0.05) is 19.3 Å². The number of primary amides is 1. The average molecular weight is 360 g/mol. The van der Waals surface area contributed by atoms with Crippen LogP contribution in [0.15, 0.2) is 11.4 Å². The number of nitrogens with one attached hydrogen (secondary N) is 1. The predicted molar refractivity (Wildman–Crippen MR) is 99.0 cm³/mol. The lowest BCUT2D eigenvalue weighted by molar-refractivity contribution is -0.117. The molecule has 25 heavy (non-hydrogen) atoms. The molecule has 1 saturated carbocycles. The van der Waals surface area contributed by atoms with Crippen molar-refractivity contribution < 1.29 is 9.59 Å². The molecule has 1 aliphatic carbocycles. The smallest absolute Gasteiger partial charge is 0.259 e. The normalized spacial score (nSPS) is 15.3. The fraction of sp³-hybridized carbons (Fsp3) is 0.500. The number of thiazole rings is 1. The van der Waals surface area contributed by atoms with Gasteiger partial charge in [0.05, 0.1) is 17.7 Å². The van der Waals surface area contributed by atoms with Gasteiger partial charge in [-0.2, -0.15) is 0 Å². The molecule has 3 rings (SSSR count). The minimum Gasteiger partial charge on any atom is -0.369 e. The Morgan fingerprint density at radius 3 is 2.72 bits per heavy atom. The Morgan fingerprint density at radius 1 is 1.32 bits per heavy atom. The molecule has 134 valence electrons. The van der Waals surface area contributed by atoms with Crippen LogP contribution in [0, 0.1) is 13.8 Å². The highest BCUT2D eigenvalue weighted by atomic mass is 32.1. The minimum atomic E-state index is -0.431. The maximum Gasteiger partial charge on any atom is 0.259 e. The number of amides is 2. The van der Waals surface area contributed by atoms with E-state index in [1.807, 2.05) is 13.0 Å². The molecule has 1 aliphatic rings. The van der Waals surface area contributed by atoms with Gasteiger partial charge >= 0.3 is 0 Å². The standard InChI is InChI=1S/C18H24N4O2S/c1-11-8-15(12(2)22(11)14-6-4-3-5-7-14)17(24)21-18-20-13(10-25-18)9-16(19)23/h8,10,14H,3-7,9H2,1-2H3,(H2,19,23)(H,20,21,24). The van der Waals surface area contributed by atoms with Gasteiger partial charge in [0.1, 0.15) is 0 Å². The SMILES string of the molecule is Cc1cc(C(=O)Nc2nc(CC(N)=O)cs2)c(C)n1C1CCCCC1. The third-order valence-corrected chi connectivity index (χ3v) is 5.60. The average Bonchev–Trinajstić information content (AvgIpc) is 3.11. The van der Waals surface area contributed by atoms with Crippen molar-refractivity contribution in [3.8, 4) is 0 Å². The molecule has 2 heterocycles. The third-order valence-electron chi connectivity index (χ3n) is 4.80. The molecule has 6 nitrogen and oxygen atoms in total. The number of anilines is 1. The third kappa shape index (κ3) is 3.92. The maximum absolute atomic E-state index is 12.7. The first-order chi connectivity index (χ1) is 12.0. The lowest BCUT2D eigenvalue weighted by atomic mass is 9.95. The van der Waals surface area contributed by atoms with Gasteiger partial charge in [-0.3, -0.25) is 14.9 Å². The molecule has 0 unspecified atom stereocenters. The summed E-state index contributed by atoms with van der Waals surface area (Å²) in [7, 11) is 0. The lowest BCUT2D eigenvalue weighted by Crippen LogP contribution is -2.17. The van der Waals surface area contributed by atoms with Gasteiger partial charge in [0.25, 0.3) is 5.91 Å². The molecule has 0 bridgehead atoms. The number of carbonyl (C=O) groups excluding carboxylic acids is 2. The Balaban J connectivity index is 1.76. The molecule has 0 aromatic carbocycles. The monoisotopic (exact) mass is 360 g/mol. The molecule has 0 aliphatic heterocycles. The number of carbonyl (C=O) groups is 2. The minimum absolute atomic E-state index is 0.0859. The van der Waals surface area contributed by atoms with E-state index in [1.54, 1.807) is 5.38 Å². The Labute approximate surface area is 151 Å². The highest BCUT2D eigenvalue weighted by molar-refractivity contribution is 7.14. The van der Waals surface area contributed by atoms with E-state index in [0.717, 1.165) is 11.4 Å². The van der Waals surface area contributed by atoms with Crippen LogP contribution in [0.25, 0.3) is 0 Å². The van der Waals surface area contributed by atoms with Crippen LogP contribution in [0.2, 0.25) is 0 Å². The molecule has 2 aromatic rings. The van der Waals surface area contributed by atoms with Crippen molar-refractivity contribution in [3.05, 3.63) is 34.1 Å². The fourth-order valence-electron chi connectivity index (χ4n) is 3.70. The predicted octanol–water partition coefficient (Wildman–Crippen LogP) is 3.35. The van der Waals surface area contributed by atoms with Crippen molar-refractivity contribution in [2.24, 2.45) is 5.73 Å². The summed E-state index contributed by atoms with van der Waals surface area (Å²) in [5.41, 5.74) is 8.58. The second-order valence-corrected chi connectivity index (χ2v) is 7.55. The number of aromatic nitrogens is 2. The first kappa shape index (κ1) is 17.7. The van der Waals surface area contributed by atoms with Crippen molar-refractivity contribution in [3.63, 3.8) is 0 Å². The summed E-state index contributed by atoms with van der Waals surface area (Å²) in [4.78, 5) is 27.9. The summed E-state index contributed by atoms with van der Waals surface area (Å²) in [6.45, 7) is 4.07. The molecule has 2 aromatic heterocycles. The molecule has 1 fully saturated rings. The van der Waals surface area contributed by atoms with E-state index in [0.29, 0.717) is 22.4 Å². The second kappa shape index (κ2) is 7.39. The van der Waals surface area contributed by atoms with E-state index in [-0.39, 0.29) is 12.3 Å². The number of rotatable bonds is 5. The molecular weight excluding hydrogens is 336 g/mol. The number of hydrogen-bond acceptors (Lipinski definition) is 4. The van der Waals surface area contributed by atoms with Crippen LogP contribution in [-0.4, -0.2) is 21.4 Å². The van der Waals surface area contributed by atoms with Gasteiger partial charge in [0.2, 0.25) is 5.91 Å². The fourth-order valence-corrected chi connectivity index (χ4v) is 4.40. The first-order valence-electron chi connectivity index (χ1n) is 8.68. The van der Waals surface area contributed by atoms with Crippen LogP contribution in [-0.2, 0) is 11.2 Å². The van der Waals surface area contributed by atoms with Gasteiger partial charge < -0.3 is 10.3 Å². The van der Waals surface area contributed by atoms with Crippen LogP contribution in [0.4, 0.5) is 5.13 Å². The zero-order chi connectivity index (χ0) is 18.0. The van der Waals surface area contributed by atoms with Crippen molar-refractivity contribution in [2.45, 2.75) is 58.4 Å². The van der Waals surface area contributed by atoms with E-state index in [1.165, 1.54) is 43.4 Å². The summed E-state index contributed by atoms with van der Waals surface area (Å²) in [5, 5.41) is 5.07. The van der Waals surface area contributed by atoms with Gasteiger partial charge in [0.15, 0.2) is 5.13 Å². The summed E-state index contributed by atoms with van der Waals surface area (Å²) in [6, 6.07) is 2.45. The first-order valence-corrected chi connectivity index (χ1v) is 9.56. The van der Waals surface area contributed by atoms with Gasteiger partial charge in [0, 0.05) is 22.8 Å². The highest BCUT2D eigenvalue weighted by Gasteiger charge is 2.23. The zero-order valence-corrected chi connectivity index (χ0v) is 15.5. The van der Waals surface area contributed by atoms with E-state index in [9.17, 15) is 9.59 Å². The number of aryl methyl sites for hydroxylation is 1. The molecule has 7 heteroatoms. The van der Waals surface area contributed by atoms with Gasteiger partial charge in [-0.15, -0.1) is 11.3 Å². The van der Waals surface area contributed by atoms with Crippen LogP contribution in [0.5, 0.6) is 0 Å². The van der Waals surface area contributed by atoms with Gasteiger partial charge in [-0.25, -0.2) is 4.98 Å². The summed E-state index contributed by atoms with van der Waals surface area (Å²) < 4.78 is 2.31. The van der Waals surface area contributed by atoms with Crippen LogP contribution >= 0.6 is 11.3 Å². The topological polar surface area (TPSA) is 90.0 Å². The Kier molecular flexibility index (Phi) is 5.22. The van der Waals surface area contributed by atoms with Crippen molar-refractivity contribution in [2.75, 3.05) is 5.32 Å². The second-order valence-electron chi connectivity index (χ2n) is 6.69. The van der Waals surface area contributed by atoms with E-state index >= 15 is 0 Å². The molecule has 2 amide bonds. The summed E-state index contributed by atoms with van der Waals surface area (Å²) in [5.74, 6) is -0.589. The van der Waals surface area contributed by atoms with Crippen molar-refractivity contribution >= 4 is 28.3 Å². The largest absolute Gasteiger partial charge is 0.369 e. The quantitative estimate of drug-likeness (QED) is 0.857. The van der Waals surface area contributed by atoms with Crippen LogP contribution in [0.1, 0.15) is 65.6 Å². The Morgan fingerprint density at radius 2 is 2.04 bits per heavy atom. The van der Waals surface area contributed by atoms with E-state index < -0.39 is 5.91 Å². The molecule has 3 N–H and O–H groups in total. The van der Waals surface area contributed by atoms with Crippen molar-refractivity contribution in [1.82, 2.24) is 9.55 Å². The van der Waals surface area contributed by atoms with Crippen LogP contribution < -0.4 is 11.1 Å². The number of nitrogens with two attached hydrogens (primary N) is 1. The molecule has 0 spiro atoms. The summed E-state index contributed by atoms with van der Waals surface area (Å²) in [6.07, 6.45) is 6.26. The highest BCUT2D eigenvalue weighted by Crippen LogP contribution is 2.32. The van der Waals surface area contributed by atoms with E-state index in [2.05, 4.69) is 21.8 Å². The molecule has 0 radical (unpaired) electrons. The number of hydrogen-bond donors (Lipinski definition) is 2. The summed E-state index contributed by atoms with van der Waals surface area (Å²) >= 11 is 1.30. The Bertz CT molecular complexity index is 787. The maximum atomic E-state index is 12.7. The van der Waals surface area contributed by atoms with E-state index in [4.69, 9.17) is 5.73 Å². The molecule has 0 atom stereocenters. The van der Waals surface area contributed by atoms with Crippen molar-refractivity contribution in [1.29, 1.82) is 0 Å². The lowest BCUT2D eigenvalue weighted by Gasteiger charge is -2.26.